The van der Waals surface area contributed by atoms with Crippen molar-refractivity contribution in [2.24, 2.45) is 0 Å². The zero-order valence-electron chi connectivity index (χ0n) is 15.6. The van der Waals surface area contributed by atoms with E-state index in [1.54, 1.807) is 0 Å². The number of oxazole rings is 1. The topological polar surface area (TPSA) is 55.1 Å². The van der Waals surface area contributed by atoms with Gasteiger partial charge in [0, 0.05) is 11.1 Å². The second-order valence-electron chi connectivity index (χ2n) is 6.53. The maximum absolute atomic E-state index is 13.7. The average molecular weight is 445 g/mol. The Hall–Kier alpha value is -2.94. The number of amides is 1. The van der Waals surface area contributed by atoms with Gasteiger partial charge in [0.15, 0.2) is 5.69 Å². The summed E-state index contributed by atoms with van der Waals surface area (Å²) in [6.07, 6.45) is -3.70. The maximum Gasteiger partial charge on any atom is 0.417 e. The summed E-state index contributed by atoms with van der Waals surface area (Å²) in [5.41, 5.74) is -1.25. The van der Waals surface area contributed by atoms with Crippen LogP contribution in [0.3, 0.4) is 0 Å². The minimum atomic E-state index is -4.67. The minimum Gasteiger partial charge on any atom is -0.444 e. The molecule has 3 aromatic rings. The Kier molecular flexibility index (Phi) is 5.85. The van der Waals surface area contributed by atoms with Crippen LogP contribution < -0.4 is 5.32 Å². The Morgan fingerprint density at radius 3 is 2.40 bits per heavy atom. The van der Waals surface area contributed by atoms with Crippen LogP contribution in [0.2, 0.25) is 5.02 Å². The molecule has 0 spiro atoms. The first kappa shape index (κ1) is 21.8. The highest BCUT2D eigenvalue weighted by Gasteiger charge is 2.33. The highest BCUT2D eigenvalue weighted by atomic mass is 35.5. The van der Waals surface area contributed by atoms with Crippen LogP contribution in [0.1, 0.15) is 40.1 Å². The van der Waals surface area contributed by atoms with Gasteiger partial charge in [0.2, 0.25) is 5.89 Å². The van der Waals surface area contributed by atoms with Crippen LogP contribution in [0.4, 0.5) is 22.0 Å². The molecule has 3 rings (SSSR count). The van der Waals surface area contributed by atoms with Crippen molar-refractivity contribution in [3.05, 3.63) is 75.6 Å². The van der Waals surface area contributed by atoms with Gasteiger partial charge in [-0.1, -0.05) is 11.6 Å². The number of nitrogens with one attached hydrogen (secondary N) is 1. The van der Waals surface area contributed by atoms with Gasteiger partial charge >= 0.3 is 6.18 Å². The molecule has 0 radical (unpaired) electrons. The zero-order valence-corrected chi connectivity index (χ0v) is 16.3. The van der Waals surface area contributed by atoms with Gasteiger partial charge in [0.05, 0.1) is 16.6 Å². The van der Waals surface area contributed by atoms with Gasteiger partial charge in [0.25, 0.3) is 5.91 Å². The summed E-state index contributed by atoms with van der Waals surface area (Å²) >= 11 is 5.58. The third-order valence-corrected chi connectivity index (χ3v) is 4.74. The second-order valence-corrected chi connectivity index (χ2v) is 6.94. The van der Waals surface area contributed by atoms with Crippen LogP contribution in [0.15, 0.2) is 41.0 Å². The fourth-order valence-corrected chi connectivity index (χ4v) is 2.88. The first-order valence-electron chi connectivity index (χ1n) is 8.56. The van der Waals surface area contributed by atoms with E-state index in [0.717, 1.165) is 30.5 Å². The molecule has 30 heavy (non-hydrogen) atoms. The Labute approximate surface area is 172 Å². The van der Waals surface area contributed by atoms with Gasteiger partial charge in [-0.05, 0) is 49.7 Å². The van der Waals surface area contributed by atoms with E-state index in [0.29, 0.717) is 0 Å². The number of nitrogens with zero attached hydrogens (tertiary/aromatic N) is 1. The quantitative estimate of drug-likeness (QED) is 0.495. The molecule has 158 valence electrons. The summed E-state index contributed by atoms with van der Waals surface area (Å²) in [5, 5.41) is 2.02. The standard InChI is InChI=1S/C20H14ClF5N2O2/c1-9-15(22)6-12(7-16(9)23)10(2)27-18(29)17-8-30-19(28-17)11-3-4-14(21)13(5-11)20(24,25)26/h3-8,10H,1-2H3,(H,27,29). The fraction of sp³-hybridized carbons (Fsp3) is 0.200. The third-order valence-electron chi connectivity index (χ3n) is 4.41. The van der Waals surface area contributed by atoms with Crippen LogP contribution in [0.25, 0.3) is 11.5 Å². The van der Waals surface area contributed by atoms with E-state index >= 15 is 0 Å². The monoisotopic (exact) mass is 444 g/mol. The van der Waals surface area contributed by atoms with Gasteiger partial charge < -0.3 is 9.73 Å². The molecule has 1 N–H and O–H groups in total. The predicted octanol–water partition coefficient (Wildman–Crippen LogP) is 6.09. The molecule has 10 heteroatoms. The molecule has 0 aliphatic carbocycles. The highest BCUT2D eigenvalue weighted by molar-refractivity contribution is 6.31. The van der Waals surface area contributed by atoms with E-state index < -0.39 is 40.3 Å². The molecule has 2 aromatic carbocycles. The van der Waals surface area contributed by atoms with Crippen molar-refractivity contribution >= 4 is 17.5 Å². The number of alkyl halides is 3. The first-order valence-corrected chi connectivity index (χ1v) is 8.94. The molecule has 1 amide bonds. The summed E-state index contributed by atoms with van der Waals surface area (Å²) in [6.45, 7) is 2.80. The predicted molar refractivity (Wildman–Crippen MR) is 98.9 cm³/mol. The number of hydrogen-bond donors (Lipinski definition) is 1. The maximum atomic E-state index is 13.7. The molecule has 0 bridgehead atoms. The van der Waals surface area contributed by atoms with Crippen LogP contribution in [0, 0.1) is 18.6 Å². The lowest BCUT2D eigenvalue weighted by molar-refractivity contribution is -0.137. The highest BCUT2D eigenvalue weighted by Crippen LogP contribution is 2.37. The van der Waals surface area contributed by atoms with Gasteiger partial charge in [0.1, 0.15) is 17.9 Å². The summed E-state index contributed by atoms with van der Waals surface area (Å²) in [5.74, 6) is -2.46. The van der Waals surface area contributed by atoms with Crippen molar-refractivity contribution in [3.8, 4) is 11.5 Å². The molecule has 0 fully saturated rings. The second kappa shape index (κ2) is 8.06. The summed E-state index contributed by atoms with van der Waals surface area (Å²) in [7, 11) is 0. The van der Waals surface area contributed by atoms with Crippen molar-refractivity contribution in [2.75, 3.05) is 0 Å². The number of carbonyl (C=O) groups is 1. The van der Waals surface area contributed by atoms with Gasteiger partial charge in [-0.3, -0.25) is 4.79 Å². The van der Waals surface area contributed by atoms with Crippen LogP contribution in [-0.2, 0) is 6.18 Å². The van der Waals surface area contributed by atoms with Crippen LogP contribution in [0.5, 0.6) is 0 Å². The lowest BCUT2D eigenvalue weighted by Crippen LogP contribution is -2.27. The molecule has 0 aliphatic rings. The van der Waals surface area contributed by atoms with Crippen LogP contribution >= 0.6 is 11.6 Å². The van der Waals surface area contributed by atoms with Crippen LogP contribution in [-0.4, -0.2) is 10.9 Å². The minimum absolute atomic E-state index is 0.0264. The molecule has 0 saturated heterocycles. The molecular formula is C20H14ClF5N2O2. The van der Waals surface area contributed by atoms with E-state index in [-0.39, 0.29) is 28.3 Å². The molecule has 0 saturated carbocycles. The number of aromatic nitrogens is 1. The first-order chi connectivity index (χ1) is 14.0. The van der Waals surface area contributed by atoms with Crippen molar-refractivity contribution in [1.29, 1.82) is 0 Å². The summed E-state index contributed by atoms with van der Waals surface area (Å²) in [4.78, 5) is 16.3. The third kappa shape index (κ3) is 4.46. The van der Waals surface area contributed by atoms with E-state index in [9.17, 15) is 26.7 Å². The largest absolute Gasteiger partial charge is 0.444 e. The normalized spacial score (nSPS) is 12.7. The lowest BCUT2D eigenvalue weighted by Gasteiger charge is -2.14. The molecular weight excluding hydrogens is 431 g/mol. The van der Waals surface area contributed by atoms with Crippen molar-refractivity contribution in [2.45, 2.75) is 26.1 Å². The number of carbonyl (C=O) groups excluding carboxylic acids is 1. The van der Waals surface area contributed by atoms with Crippen molar-refractivity contribution in [1.82, 2.24) is 10.3 Å². The number of halogens is 6. The van der Waals surface area contributed by atoms with Crippen molar-refractivity contribution < 1.29 is 31.2 Å². The summed E-state index contributed by atoms with van der Waals surface area (Å²) < 4.78 is 71.6. The van der Waals surface area contributed by atoms with E-state index in [1.807, 2.05) is 0 Å². The van der Waals surface area contributed by atoms with Gasteiger partial charge in [-0.2, -0.15) is 13.2 Å². The molecule has 1 atom stereocenters. The molecule has 0 aliphatic heterocycles. The Morgan fingerprint density at radius 2 is 1.80 bits per heavy atom. The molecule has 1 heterocycles. The van der Waals surface area contributed by atoms with E-state index in [2.05, 4.69) is 10.3 Å². The molecule has 1 unspecified atom stereocenters. The Morgan fingerprint density at radius 1 is 1.17 bits per heavy atom. The SMILES string of the molecule is Cc1c(F)cc(C(C)NC(=O)c2coc(-c3ccc(Cl)c(C(F)(F)F)c3)n2)cc1F. The average Bonchev–Trinajstić information content (AvgIpc) is 3.15. The Bertz CT molecular complexity index is 1090. The molecule has 1 aromatic heterocycles. The van der Waals surface area contributed by atoms with Gasteiger partial charge in [-0.25, -0.2) is 13.8 Å². The number of benzene rings is 2. The lowest BCUT2D eigenvalue weighted by atomic mass is 10.1. The summed E-state index contributed by atoms with van der Waals surface area (Å²) in [6, 6.07) is 4.51. The van der Waals surface area contributed by atoms with E-state index in [4.69, 9.17) is 16.0 Å². The molecule has 4 nitrogen and oxygen atoms in total. The number of rotatable bonds is 4. The van der Waals surface area contributed by atoms with Crippen molar-refractivity contribution in [3.63, 3.8) is 0 Å². The number of hydrogen-bond acceptors (Lipinski definition) is 3. The van der Waals surface area contributed by atoms with Gasteiger partial charge in [-0.15, -0.1) is 0 Å². The zero-order chi connectivity index (χ0) is 22.2. The fourth-order valence-electron chi connectivity index (χ4n) is 2.65. The Balaban J connectivity index is 1.80. The smallest absolute Gasteiger partial charge is 0.417 e. The van der Waals surface area contributed by atoms with E-state index in [1.165, 1.54) is 19.9 Å².